The molecule has 0 spiro atoms. The Labute approximate surface area is 297 Å². The van der Waals surface area contributed by atoms with E-state index in [1.807, 2.05) is 13.8 Å². The Bertz CT molecular complexity index is 2400. The van der Waals surface area contributed by atoms with Crippen LogP contribution in [0, 0.1) is 0 Å². The highest BCUT2D eigenvalue weighted by atomic mass is 14.4. The van der Waals surface area contributed by atoms with E-state index >= 15 is 0 Å². The summed E-state index contributed by atoms with van der Waals surface area (Å²) >= 11 is 0. The molecule has 0 aliphatic heterocycles. The third kappa shape index (κ3) is 5.33. The van der Waals surface area contributed by atoms with Crippen molar-refractivity contribution < 1.29 is 0 Å². The van der Waals surface area contributed by atoms with Crippen molar-refractivity contribution in [3.05, 3.63) is 181 Å². The quantitative estimate of drug-likeness (QED) is 0.167. The van der Waals surface area contributed by atoms with Gasteiger partial charge in [-0.3, -0.25) is 0 Å². The van der Waals surface area contributed by atoms with Gasteiger partial charge >= 0.3 is 0 Å². The molecule has 0 radical (unpaired) electrons. The molecule has 0 heterocycles. The minimum Gasteiger partial charge on any atom is -0.0776 e. The van der Waals surface area contributed by atoms with Crippen LogP contribution >= 0.6 is 0 Å². The minimum atomic E-state index is -0.0267. The Kier molecular flexibility index (Phi) is 8.72. The summed E-state index contributed by atoms with van der Waals surface area (Å²) in [7, 11) is 0. The van der Waals surface area contributed by atoms with E-state index in [0.717, 1.165) is 0 Å². The fourth-order valence-corrected chi connectivity index (χ4v) is 7.95. The standard InChI is InChI=1S/C47H34.C2H6.CH4/c1-47(2)43-22-11-10-17-37(43)38-28-27-35(30-44(38)47)34-15-12-16-36(29-34)46-41-20-8-6-18-39(41)45(40-19-7-9-21-42(40)46)33-25-23-32(24-26-33)31-13-4-3-5-14-31;1-2;/h3-30H,1-2H3;1-2H3;1H4. The topological polar surface area (TPSA) is 0 Å². The van der Waals surface area contributed by atoms with Crippen molar-refractivity contribution in [2.75, 3.05) is 0 Å². The Balaban J connectivity index is 0.00000128. The minimum absolute atomic E-state index is 0. The van der Waals surface area contributed by atoms with Gasteiger partial charge < -0.3 is 0 Å². The molecule has 0 unspecified atom stereocenters. The fourth-order valence-electron chi connectivity index (χ4n) is 7.95. The molecule has 244 valence electrons. The van der Waals surface area contributed by atoms with E-state index in [1.54, 1.807) is 0 Å². The van der Waals surface area contributed by atoms with Gasteiger partial charge in [0.05, 0.1) is 0 Å². The molecule has 0 N–H and O–H groups in total. The average molecular weight is 645 g/mol. The zero-order chi connectivity index (χ0) is 33.5. The number of fused-ring (bicyclic) bond motifs is 5. The molecule has 8 aromatic rings. The van der Waals surface area contributed by atoms with Gasteiger partial charge in [-0.25, -0.2) is 0 Å². The lowest BCUT2D eigenvalue weighted by atomic mass is 9.81. The maximum atomic E-state index is 2.42. The van der Waals surface area contributed by atoms with Crippen LogP contribution in [0.15, 0.2) is 170 Å². The Morgan fingerprint density at radius 1 is 0.320 bits per heavy atom. The smallest absolute Gasteiger partial charge is 0.0159 e. The van der Waals surface area contributed by atoms with Gasteiger partial charge in [0, 0.05) is 5.41 Å². The van der Waals surface area contributed by atoms with Crippen molar-refractivity contribution in [2.45, 2.75) is 40.5 Å². The summed E-state index contributed by atoms with van der Waals surface area (Å²) in [6, 6.07) is 62.6. The molecule has 9 rings (SSSR count). The lowest BCUT2D eigenvalue weighted by Gasteiger charge is -2.22. The van der Waals surface area contributed by atoms with Crippen molar-refractivity contribution in [2.24, 2.45) is 0 Å². The van der Waals surface area contributed by atoms with E-state index in [4.69, 9.17) is 0 Å². The van der Waals surface area contributed by atoms with Crippen molar-refractivity contribution in [1.29, 1.82) is 0 Å². The Morgan fingerprint density at radius 3 is 1.38 bits per heavy atom. The molecule has 1 aliphatic carbocycles. The third-order valence-electron chi connectivity index (χ3n) is 10.3. The van der Waals surface area contributed by atoms with Crippen LogP contribution in [-0.2, 0) is 5.41 Å². The van der Waals surface area contributed by atoms with Crippen LogP contribution in [0.2, 0.25) is 0 Å². The monoisotopic (exact) mass is 644 g/mol. The summed E-state index contributed by atoms with van der Waals surface area (Å²) in [5, 5.41) is 5.10. The Morgan fingerprint density at radius 2 is 0.740 bits per heavy atom. The highest BCUT2D eigenvalue weighted by Crippen LogP contribution is 2.50. The highest BCUT2D eigenvalue weighted by molar-refractivity contribution is 6.21. The maximum Gasteiger partial charge on any atom is 0.0159 e. The van der Waals surface area contributed by atoms with Crippen LogP contribution in [0.1, 0.15) is 46.2 Å². The molecule has 50 heavy (non-hydrogen) atoms. The van der Waals surface area contributed by atoms with E-state index in [1.165, 1.54) is 88.3 Å². The van der Waals surface area contributed by atoms with E-state index in [0.29, 0.717) is 0 Å². The van der Waals surface area contributed by atoms with Crippen molar-refractivity contribution >= 4 is 21.5 Å². The van der Waals surface area contributed by atoms with Crippen molar-refractivity contribution in [3.8, 4) is 55.6 Å². The molecule has 0 heteroatoms. The van der Waals surface area contributed by atoms with Crippen LogP contribution in [0.5, 0.6) is 0 Å². The fraction of sp³-hybridized carbons (Fsp3) is 0.120. The van der Waals surface area contributed by atoms with Gasteiger partial charge in [0.25, 0.3) is 0 Å². The first kappa shape index (κ1) is 32.8. The normalized spacial score (nSPS) is 12.4. The van der Waals surface area contributed by atoms with Gasteiger partial charge in [-0.2, -0.15) is 0 Å². The van der Waals surface area contributed by atoms with Crippen LogP contribution in [-0.4, -0.2) is 0 Å². The molecule has 0 aromatic heterocycles. The number of hydrogen-bond acceptors (Lipinski definition) is 0. The Hall–Kier alpha value is -5.72. The summed E-state index contributed by atoms with van der Waals surface area (Å²) in [6.45, 7) is 8.71. The van der Waals surface area contributed by atoms with Crippen LogP contribution < -0.4 is 0 Å². The van der Waals surface area contributed by atoms with Gasteiger partial charge in [0.1, 0.15) is 0 Å². The molecule has 8 aromatic carbocycles. The number of rotatable bonds is 4. The molecule has 0 saturated heterocycles. The van der Waals surface area contributed by atoms with E-state index in [-0.39, 0.29) is 12.8 Å². The van der Waals surface area contributed by atoms with Gasteiger partial charge in [-0.15, -0.1) is 0 Å². The second kappa shape index (κ2) is 13.3. The van der Waals surface area contributed by atoms with E-state index in [9.17, 15) is 0 Å². The lowest BCUT2D eigenvalue weighted by molar-refractivity contribution is 0.660. The molecular weight excluding hydrogens is 601 g/mol. The first-order valence-corrected chi connectivity index (χ1v) is 17.5. The first-order chi connectivity index (χ1) is 24.1. The largest absolute Gasteiger partial charge is 0.0776 e. The molecular formula is C50H44. The van der Waals surface area contributed by atoms with E-state index < -0.39 is 0 Å². The average Bonchev–Trinajstić information content (AvgIpc) is 3.40. The predicted octanol–water partition coefficient (Wildman–Crippen LogP) is 14.6. The maximum absolute atomic E-state index is 2.42. The zero-order valence-corrected chi connectivity index (χ0v) is 28.7. The summed E-state index contributed by atoms with van der Waals surface area (Å²) < 4.78 is 0. The summed E-state index contributed by atoms with van der Waals surface area (Å²) in [5.41, 5.74) is 15.5. The van der Waals surface area contributed by atoms with Crippen molar-refractivity contribution in [1.82, 2.24) is 0 Å². The number of hydrogen-bond donors (Lipinski definition) is 0. The number of benzene rings is 8. The summed E-state index contributed by atoms with van der Waals surface area (Å²) in [5.74, 6) is 0. The van der Waals surface area contributed by atoms with Crippen LogP contribution in [0.3, 0.4) is 0 Å². The highest BCUT2D eigenvalue weighted by Gasteiger charge is 2.35. The molecule has 0 nitrogen and oxygen atoms in total. The second-order valence-corrected chi connectivity index (χ2v) is 13.3. The molecule has 0 saturated carbocycles. The zero-order valence-electron chi connectivity index (χ0n) is 28.7. The first-order valence-electron chi connectivity index (χ1n) is 17.5. The molecule has 0 amide bonds. The third-order valence-corrected chi connectivity index (χ3v) is 10.3. The van der Waals surface area contributed by atoms with Gasteiger partial charge in [-0.05, 0) is 100 Å². The SMILES string of the molecule is C.CC.CC1(C)c2ccccc2-c2ccc(-c3cccc(-c4c5ccccc5c(-c5ccc(-c6ccccc6)cc5)c5ccccc45)c3)cc21. The summed E-state index contributed by atoms with van der Waals surface area (Å²) in [6.07, 6.45) is 0. The molecule has 1 aliphatic rings. The van der Waals surface area contributed by atoms with Gasteiger partial charge in [0.2, 0.25) is 0 Å². The predicted molar refractivity (Wildman–Crippen MR) is 219 cm³/mol. The summed E-state index contributed by atoms with van der Waals surface area (Å²) in [4.78, 5) is 0. The van der Waals surface area contributed by atoms with E-state index in [2.05, 4.69) is 184 Å². The molecule has 0 fully saturated rings. The van der Waals surface area contributed by atoms with Gasteiger partial charge in [-0.1, -0.05) is 193 Å². The van der Waals surface area contributed by atoms with Crippen LogP contribution in [0.25, 0.3) is 77.2 Å². The van der Waals surface area contributed by atoms with Gasteiger partial charge in [0.15, 0.2) is 0 Å². The van der Waals surface area contributed by atoms with Crippen LogP contribution in [0.4, 0.5) is 0 Å². The molecule has 0 bridgehead atoms. The lowest BCUT2D eigenvalue weighted by Crippen LogP contribution is -2.14. The second-order valence-electron chi connectivity index (χ2n) is 13.3. The molecule has 0 atom stereocenters. The van der Waals surface area contributed by atoms with Crippen molar-refractivity contribution in [3.63, 3.8) is 0 Å².